The number of esters is 1. The van der Waals surface area contributed by atoms with Gasteiger partial charge in [-0.3, -0.25) is 4.98 Å². The lowest BCUT2D eigenvalue weighted by atomic mass is 10.0. The van der Waals surface area contributed by atoms with Crippen molar-refractivity contribution in [2.24, 2.45) is 0 Å². The summed E-state index contributed by atoms with van der Waals surface area (Å²) in [6, 6.07) is 8.46. The van der Waals surface area contributed by atoms with Crippen LogP contribution in [0, 0.1) is 17.5 Å². The highest BCUT2D eigenvalue weighted by Crippen LogP contribution is 2.38. The minimum Gasteiger partial charge on any atom is -0.462 e. The Kier molecular flexibility index (Phi) is 5.93. The Morgan fingerprint density at radius 2 is 1.82 bits per heavy atom. The van der Waals surface area contributed by atoms with Gasteiger partial charge in [-0.2, -0.15) is 0 Å². The van der Waals surface area contributed by atoms with Gasteiger partial charge in [0.25, 0.3) is 0 Å². The third kappa shape index (κ3) is 3.85. The minimum absolute atomic E-state index is 0.0138. The van der Waals surface area contributed by atoms with Crippen molar-refractivity contribution in [1.29, 1.82) is 0 Å². The smallest absolute Gasteiger partial charge is 0.340 e. The first kappa shape index (κ1) is 20.2. The first-order chi connectivity index (χ1) is 13.3. The molecule has 0 saturated carbocycles. The fraction of sp³-hybridized carbons (Fsp3) is 0.238. The number of halogens is 3. The molecule has 7 heteroatoms. The Balaban J connectivity index is 2.18. The van der Waals surface area contributed by atoms with Crippen molar-refractivity contribution < 1.29 is 22.7 Å². The van der Waals surface area contributed by atoms with E-state index < -0.39 is 23.4 Å². The average Bonchev–Trinajstić information content (AvgIpc) is 2.67. The van der Waals surface area contributed by atoms with Crippen LogP contribution in [0.2, 0.25) is 0 Å². The van der Waals surface area contributed by atoms with Crippen molar-refractivity contribution >= 4 is 28.6 Å². The molecule has 0 fully saturated rings. The van der Waals surface area contributed by atoms with Crippen LogP contribution in [-0.2, 0) is 4.74 Å². The maximum atomic E-state index is 14.2. The number of carbonyl (C=O) groups excluding carboxylic acids is 1. The van der Waals surface area contributed by atoms with Gasteiger partial charge in [-0.05, 0) is 36.6 Å². The van der Waals surface area contributed by atoms with Gasteiger partial charge in [0.15, 0.2) is 17.5 Å². The molecule has 0 aliphatic rings. The van der Waals surface area contributed by atoms with Gasteiger partial charge in [0.05, 0.1) is 12.2 Å². The summed E-state index contributed by atoms with van der Waals surface area (Å²) in [4.78, 5) is 17.2. The molecular weight excluding hydrogens is 387 g/mol. The molecule has 0 bridgehead atoms. The quantitative estimate of drug-likeness (QED) is 0.380. The van der Waals surface area contributed by atoms with Gasteiger partial charge in [0, 0.05) is 21.4 Å². The maximum Gasteiger partial charge on any atom is 0.340 e. The van der Waals surface area contributed by atoms with E-state index in [0.29, 0.717) is 5.92 Å². The number of aromatic nitrogens is 1. The lowest BCUT2D eigenvalue weighted by molar-refractivity contribution is 0.0522. The summed E-state index contributed by atoms with van der Waals surface area (Å²) >= 11 is 1.14. The van der Waals surface area contributed by atoms with Crippen molar-refractivity contribution in [1.82, 2.24) is 4.98 Å². The zero-order chi connectivity index (χ0) is 20.4. The molecule has 0 aliphatic heterocycles. The van der Waals surface area contributed by atoms with E-state index in [1.54, 1.807) is 6.92 Å². The molecule has 0 unspecified atom stereocenters. The summed E-state index contributed by atoms with van der Waals surface area (Å²) in [5.41, 5.74) is 0.861. The molecule has 3 nitrogen and oxygen atoms in total. The molecular formula is C21H18F3NO2S. The minimum atomic E-state index is -1.60. The predicted molar refractivity (Wildman–Crippen MR) is 102 cm³/mol. The van der Waals surface area contributed by atoms with Crippen LogP contribution >= 0.6 is 11.8 Å². The van der Waals surface area contributed by atoms with Crippen molar-refractivity contribution in [3.8, 4) is 0 Å². The number of carbonyl (C=O) groups is 1. The van der Waals surface area contributed by atoms with Crippen molar-refractivity contribution in [2.75, 3.05) is 6.61 Å². The summed E-state index contributed by atoms with van der Waals surface area (Å²) in [5, 5.41) is 0.0138. The zero-order valence-corrected chi connectivity index (χ0v) is 16.4. The van der Waals surface area contributed by atoms with E-state index in [0.717, 1.165) is 34.5 Å². The lowest BCUT2D eigenvalue weighted by Crippen LogP contribution is -2.08. The molecule has 28 heavy (non-hydrogen) atoms. The molecule has 1 heterocycles. The molecule has 1 aromatic heterocycles. The largest absolute Gasteiger partial charge is 0.462 e. The van der Waals surface area contributed by atoms with E-state index in [4.69, 9.17) is 4.74 Å². The fourth-order valence-electron chi connectivity index (χ4n) is 2.72. The molecule has 146 valence electrons. The Morgan fingerprint density at radius 1 is 1.14 bits per heavy atom. The van der Waals surface area contributed by atoms with Gasteiger partial charge in [0.1, 0.15) is 5.52 Å². The molecule has 2 aromatic carbocycles. The van der Waals surface area contributed by atoms with E-state index >= 15 is 0 Å². The second-order valence-corrected chi connectivity index (χ2v) is 7.51. The lowest BCUT2D eigenvalue weighted by Gasteiger charge is -2.13. The van der Waals surface area contributed by atoms with E-state index in [9.17, 15) is 18.0 Å². The van der Waals surface area contributed by atoms with Crippen LogP contribution in [0.5, 0.6) is 0 Å². The zero-order valence-electron chi connectivity index (χ0n) is 15.6. The van der Waals surface area contributed by atoms with Crippen LogP contribution in [0.4, 0.5) is 13.2 Å². The van der Waals surface area contributed by atoms with Crippen LogP contribution in [0.15, 0.2) is 46.3 Å². The number of hydrogen-bond acceptors (Lipinski definition) is 4. The number of ether oxygens (including phenoxy) is 1. The standard InChI is InChI=1S/C21H18F3NO2S/c1-4-27-21(26)15-10-25-19-14(9-16(22)17(23)18(19)24)20(15)28-13-7-5-12(6-8-13)11(2)3/h5-11H,4H2,1-3H3. The number of pyridine rings is 1. The molecule has 0 atom stereocenters. The Hall–Kier alpha value is -2.54. The van der Waals surface area contributed by atoms with Crippen LogP contribution in [0.25, 0.3) is 10.9 Å². The van der Waals surface area contributed by atoms with Crippen LogP contribution in [-0.4, -0.2) is 17.6 Å². The SMILES string of the molecule is CCOC(=O)c1cnc2c(F)c(F)c(F)cc2c1Sc1ccc(C(C)C)cc1. The second-order valence-electron chi connectivity index (χ2n) is 6.43. The maximum absolute atomic E-state index is 14.2. The van der Waals surface area contributed by atoms with Gasteiger partial charge in [0.2, 0.25) is 0 Å². The van der Waals surface area contributed by atoms with E-state index in [1.165, 1.54) is 0 Å². The van der Waals surface area contributed by atoms with Gasteiger partial charge in [-0.25, -0.2) is 18.0 Å². The van der Waals surface area contributed by atoms with E-state index in [2.05, 4.69) is 18.8 Å². The summed E-state index contributed by atoms with van der Waals surface area (Å²) in [7, 11) is 0. The molecule has 0 saturated heterocycles. The third-order valence-electron chi connectivity index (χ3n) is 4.21. The molecule has 3 rings (SSSR count). The van der Waals surface area contributed by atoms with Crippen molar-refractivity contribution in [3.63, 3.8) is 0 Å². The molecule has 3 aromatic rings. The van der Waals surface area contributed by atoms with Crippen molar-refractivity contribution in [3.05, 3.63) is 65.1 Å². The Bertz CT molecular complexity index is 1040. The van der Waals surface area contributed by atoms with Crippen molar-refractivity contribution in [2.45, 2.75) is 36.5 Å². The summed E-state index contributed by atoms with van der Waals surface area (Å²) in [6.45, 7) is 5.92. The topological polar surface area (TPSA) is 39.2 Å². The van der Waals surface area contributed by atoms with Gasteiger partial charge in [-0.15, -0.1) is 0 Å². The van der Waals surface area contributed by atoms with Gasteiger partial charge in [-0.1, -0.05) is 37.7 Å². The number of rotatable bonds is 5. The monoisotopic (exact) mass is 405 g/mol. The predicted octanol–water partition coefficient (Wildman–Crippen LogP) is 6.10. The molecule has 0 radical (unpaired) electrons. The van der Waals surface area contributed by atoms with Crippen LogP contribution < -0.4 is 0 Å². The molecule has 0 spiro atoms. The number of fused-ring (bicyclic) bond motifs is 1. The average molecular weight is 405 g/mol. The normalized spacial score (nSPS) is 11.2. The summed E-state index contributed by atoms with van der Waals surface area (Å²) in [6.07, 6.45) is 1.13. The first-order valence-corrected chi connectivity index (χ1v) is 9.56. The molecule has 0 aliphatic carbocycles. The highest BCUT2D eigenvalue weighted by molar-refractivity contribution is 7.99. The molecule has 0 amide bonds. The van der Waals surface area contributed by atoms with Crippen LogP contribution in [0.3, 0.4) is 0 Å². The highest BCUT2D eigenvalue weighted by atomic mass is 32.2. The summed E-state index contributed by atoms with van der Waals surface area (Å²) < 4.78 is 46.7. The number of nitrogens with zero attached hydrogens (tertiary/aromatic N) is 1. The first-order valence-electron chi connectivity index (χ1n) is 8.74. The third-order valence-corrected chi connectivity index (χ3v) is 5.36. The molecule has 0 N–H and O–H groups in total. The fourth-order valence-corrected chi connectivity index (χ4v) is 3.74. The van der Waals surface area contributed by atoms with Crippen LogP contribution in [0.1, 0.15) is 42.6 Å². The second kappa shape index (κ2) is 8.22. The van der Waals surface area contributed by atoms with Gasteiger partial charge < -0.3 is 4.74 Å². The summed E-state index contributed by atoms with van der Waals surface area (Å²) in [5.74, 6) is -4.64. The van der Waals surface area contributed by atoms with E-state index in [1.807, 2.05) is 24.3 Å². The van der Waals surface area contributed by atoms with E-state index in [-0.39, 0.29) is 28.0 Å². The van der Waals surface area contributed by atoms with Gasteiger partial charge >= 0.3 is 5.97 Å². The number of benzene rings is 2. The Labute approximate surface area is 164 Å². The Morgan fingerprint density at radius 3 is 2.43 bits per heavy atom. The highest BCUT2D eigenvalue weighted by Gasteiger charge is 2.23. The number of hydrogen-bond donors (Lipinski definition) is 0.